The molecule has 8 aromatic rings. The molecule has 0 saturated carbocycles. The Hall–Kier alpha value is -8.12. The summed E-state index contributed by atoms with van der Waals surface area (Å²) in [6, 6.07) is 37.1. The van der Waals surface area contributed by atoms with Crippen LogP contribution in [0.4, 0.5) is 0 Å². The highest BCUT2D eigenvalue weighted by molar-refractivity contribution is 6.11. The quantitative estimate of drug-likeness (QED) is 0.168. The van der Waals surface area contributed by atoms with Gasteiger partial charge in [-0.05, 0) is 117 Å². The SMILES string of the molecule is Cc1nc(C)nc(-c2ccc(-n3c4cc(-c5cc(C#N)cc(C#N)c5)ccc4c4ccc(-c5cc(C#N)cc(C#N)c5)cc43)c(-c3nc(C)nc(C)n3)c2)n1. The molecule has 0 N–H and O–H groups in total. The van der Waals surface area contributed by atoms with Crippen molar-refractivity contribution in [3.8, 4) is 75.0 Å². The van der Waals surface area contributed by atoms with Crippen LogP contribution in [0.15, 0.2) is 91.0 Å². The third kappa shape index (κ3) is 6.25. The van der Waals surface area contributed by atoms with Gasteiger partial charge in [0.1, 0.15) is 23.3 Å². The van der Waals surface area contributed by atoms with Crippen LogP contribution in [0.5, 0.6) is 0 Å². The Labute approximate surface area is 315 Å². The molecular weight excluding hydrogens is 683 g/mol. The molecule has 3 aromatic heterocycles. The molecule has 0 radical (unpaired) electrons. The Bertz CT molecular complexity index is 2860. The van der Waals surface area contributed by atoms with Gasteiger partial charge >= 0.3 is 0 Å². The number of rotatable bonds is 5. The molecule has 0 saturated heterocycles. The minimum atomic E-state index is 0.387. The average molecular weight is 710 g/mol. The average Bonchev–Trinajstić information content (AvgIpc) is 3.52. The van der Waals surface area contributed by atoms with Crippen molar-refractivity contribution >= 4 is 21.8 Å². The van der Waals surface area contributed by atoms with Crippen molar-refractivity contribution in [1.29, 1.82) is 21.0 Å². The molecule has 5 aromatic carbocycles. The maximum atomic E-state index is 9.76. The Morgan fingerprint density at radius 2 is 0.800 bits per heavy atom. The Morgan fingerprint density at radius 1 is 0.400 bits per heavy atom. The first-order valence-corrected chi connectivity index (χ1v) is 17.2. The van der Waals surface area contributed by atoms with Crippen LogP contribution in [-0.2, 0) is 0 Å². The van der Waals surface area contributed by atoms with Crippen LogP contribution in [0, 0.1) is 73.0 Å². The van der Waals surface area contributed by atoms with Gasteiger partial charge in [-0.25, -0.2) is 29.9 Å². The lowest BCUT2D eigenvalue weighted by Gasteiger charge is -2.16. The second-order valence-corrected chi connectivity index (χ2v) is 13.1. The van der Waals surface area contributed by atoms with Crippen molar-refractivity contribution < 1.29 is 0 Å². The van der Waals surface area contributed by atoms with Gasteiger partial charge in [0.15, 0.2) is 11.6 Å². The summed E-state index contributed by atoms with van der Waals surface area (Å²) in [5.41, 5.74) is 8.53. The first kappa shape index (κ1) is 34.0. The Balaban J connectivity index is 1.48. The first-order chi connectivity index (χ1) is 26.6. The molecule has 11 heteroatoms. The van der Waals surface area contributed by atoms with Crippen molar-refractivity contribution in [2.45, 2.75) is 27.7 Å². The number of aromatic nitrogens is 7. The molecule has 0 amide bonds. The third-order valence-electron chi connectivity index (χ3n) is 9.27. The van der Waals surface area contributed by atoms with E-state index in [-0.39, 0.29) is 0 Å². The van der Waals surface area contributed by atoms with Crippen LogP contribution in [0.1, 0.15) is 45.6 Å². The number of nitrogens with zero attached hydrogens (tertiary/aromatic N) is 11. The molecule has 258 valence electrons. The number of nitriles is 4. The fourth-order valence-electron chi connectivity index (χ4n) is 7.01. The summed E-state index contributed by atoms with van der Waals surface area (Å²) < 4.78 is 2.15. The van der Waals surface area contributed by atoms with Gasteiger partial charge in [-0.3, -0.25) is 0 Å². The van der Waals surface area contributed by atoms with Gasteiger partial charge < -0.3 is 4.57 Å². The summed E-state index contributed by atoms with van der Waals surface area (Å²) in [7, 11) is 0. The van der Waals surface area contributed by atoms with E-state index in [0.29, 0.717) is 62.8 Å². The monoisotopic (exact) mass is 709 g/mol. The molecule has 0 fully saturated rings. The van der Waals surface area contributed by atoms with Gasteiger partial charge in [-0.1, -0.05) is 24.3 Å². The molecule has 0 spiro atoms. The standard InChI is InChI=1S/C44H27N11/c1-24-49-25(2)52-43(51-24)34-7-10-40(39(17-34)44-53-26(3)50-27(4)54-44)55-41-18-32(35-13-28(20-45)11-29(14-35)21-46)5-8-37(41)38-9-6-33(19-42(38)55)36-15-30(22-47)12-31(16-36)23-48/h5-19H,1-4H3. The van der Waals surface area contributed by atoms with Crippen LogP contribution in [-0.4, -0.2) is 34.5 Å². The maximum absolute atomic E-state index is 9.76. The van der Waals surface area contributed by atoms with Crippen molar-refractivity contribution in [3.63, 3.8) is 0 Å². The van der Waals surface area contributed by atoms with Crippen molar-refractivity contribution in [3.05, 3.63) is 137 Å². The van der Waals surface area contributed by atoms with Gasteiger partial charge in [-0.2, -0.15) is 21.0 Å². The van der Waals surface area contributed by atoms with E-state index >= 15 is 0 Å². The van der Waals surface area contributed by atoms with Gasteiger partial charge in [-0.15, -0.1) is 0 Å². The van der Waals surface area contributed by atoms with Crippen LogP contribution >= 0.6 is 0 Å². The van der Waals surface area contributed by atoms with E-state index in [1.165, 1.54) is 0 Å². The second kappa shape index (κ2) is 13.5. The first-order valence-electron chi connectivity index (χ1n) is 17.2. The fourth-order valence-corrected chi connectivity index (χ4v) is 7.01. The molecular formula is C44H27N11. The Morgan fingerprint density at radius 3 is 1.22 bits per heavy atom. The van der Waals surface area contributed by atoms with E-state index in [0.717, 1.165) is 55.3 Å². The number of aryl methyl sites for hydroxylation is 4. The van der Waals surface area contributed by atoms with Gasteiger partial charge in [0.25, 0.3) is 0 Å². The molecule has 0 unspecified atom stereocenters. The predicted molar refractivity (Wildman–Crippen MR) is 207 cm³/mol. The van der Waals surface area contributed by atoms with Gasteiger partial charge in [0.05, 0.1) is 63.3 Å². The second-order valence-electron chi connectivity index (χ2n) is 13.1. The minimum Gasteiger partial charge on any atom is -0.308 e. The Kier molecular flexibility index (Phi) is 8.31. The zero-order valence-corrected chi connectivity index (χ0v) is 30.1. The van der Waals surface area contributed by atoms with E-state index in [1.54, 1.807) is 36.4 Å². The van der Waals surface area contributed by atoms with Crippen molar-refractivity contribution in [2.75, 3.05) is 0 Å². The van der Waals surface area contributed by atoms with Crippen LogP contribution in [0.2, 0.25) is 0 Å². The lowest BCUT2D eigenvalue weighted by Crippen LogP contribution is -2.05. The molecule has 55 heavy (non-hydrogen) atoms. The van der Waals surface area contributed by atoms with Crippen molar-refractivity contribution in [1.82, 2.24) is 34.5 Å². The van der Waals surface area contributed by atoms with E-state index < -0.39 is 0 Å². The summed E-state index contributed by atoms with van der Waals surface area (Å²) >= 11 is 0. The molecule has 8 rings (SSSR count). The highest BCUT2D eigenvalue weighted by Gasteiger charge is 2.21. The van der Waals surface area contributed by atoms with Gasteiger partial charge in [0, 0.05) is 21.9 Å². The summed E-state index contributed by atoms with van der Waals surface area (Å²) in [6.45, 7) is 7.32. The lowest BCUT2D eigenvalue weighted by atomic mass is 9.98. The molecule has 11 nitrogen and oxygen atoms in total. The third-order valence-corrected chi connectivity index (χ3v) is 9.27. The number of hydrogen-bond acceptors (Lipinski definition) is 10. The van der Waals surface area contributed by atoms with Crippen LogP contribution < -0.4 is 0 Å². The molecule has 3 heterocycles. The highest BCUT2D eigenvalue weighted by Crippen LogP contribution is 2.40. The zero-order chi connectivity index (χ0) is 38.4. The smallest absolute Gasteiger partial charge is 0.165 e. The molecule has 0 atom stereocenters. The minimum absolute atomic E-state index is 0.387. The molecule has 0 aliphatic rings. The zero-order valence-electron chi connectivity index (χ0n) is 30.1. The van der Waals surface area contributed by atoms with E-state index in [9.17, 15) is 21.0 Å². The maximum Gasteiger partial charge on any atom is 0.165 e. The number of benzene rings is 5. The van der Waals surface area contributed by atoms with E-state index in [2.05, 4.69) is 60.9 Å². The number of hydrogen-bond donors (Lipinski definition) is 0. The van der Waals surface area contributed by atoms with Crippen LogP contribution in [0.25, 0.3) is 72.5 Å². The summed E-state index contributed by atoms with van der Waals surface area (Å²) in [5, 5.41) is 40.9. The van der Waals surface area contributed by atoms with Gasteiger partial charge in [0.2, 0.25) is 0 Å². The predicted octanol–water partition coefficient (Wildman–Crippen LogP) is 8.54. The summed E-state index contributed by atoms with van der Waals surface area (Å²) in [4.78, 5) is 27.7. The van der Waals surface area contributed by atoms with E-state index in [4.69, 9.17) is 9.97 Å². The van der Waals surface area contributed by atoms with Crippen molar-refractivity contribution in [2.24, 2.45) is 0 Å². The van der Waals surface area contributed by atoms with Crippen LogP contribution in [0.3, 0.4) is 0 Å². The largest absolute Gasteiger partial charge is 0.308 e. The van der Waals surface area contributed by atoms with E-state index in [1.807, 2.05) is 70.2 Å². The summed E-state index contributed by atoms with van der Waals surface area (Å²) in [6.07, 6.45) is 0. The summed E-state index contributed by atoms with van der Waals surface area (Å²) in [5.74, 6) is 3.31. The fraction of sp³-hybridized carbons (Fsp3) is 0.0909. The lowest BCUT2D eigenvalue weighted by molar-refractivity contribution is 0.924. The highest BCUT2D eigenvalue weighted by atomic mass is 15.0. The molecule has 0 aliphatic heterocycles. The topological polar surface area (TPSA) is 177 Å². The normalized spacial score (nSPS) is 10.8. The number of fused-ring (bicyclic) bond motifs is 3. The molecule has 0 aliphatic carbocycles. The molecule has 0 bridgehead atoms.